The Balaban J connectivity index is 2.10. The lowest BCUT2D eigenvalue weighted by atomic mass is 9.87. The summed E-state index contributed by atoms with van der Waals surface area (Å²) in [5.41, 5.74) is 0.134. The van der Waals surface area contributed by atoms with E-state index in [0.717, 1.165) is 0 Å². The fourth-order valence-corrected chi connectivity index (χ4v) is 4.11. The van der Waals surface area contributed by atoms with Gasteiger partial charge in [-0.2, -0.15) is 13.2 Å². The molecule has 0 bridgehead atoms. The number of rotatable bonds is 3. The van der Waals surface area contributed by atoms with Crippen molar-refractivity contribution in [3.8, 4) is 0 Å². The van der Waals surface area contributed by atoms with E-state index in [-0.39, 0.29) is 36.9 Å². The highest BCUT2D eigenvalue weighted by Gasteiger charge is 2.54. The molecule has 0 saturated heterocycles. The zero-order valence-electron chi connectivity index (χ0n) is 14.0. The van der Waals surface area contributed by atoms with Gasteiger partial charge in [-0.05, 0) is 48.4 Å². The quantitative estimate of drug-likeness (QED) is 0.533. The predicted octanol–water partition coefficient (Wildman–Crippen LogP) is 6.42. The molecule has 2 atom stereocenters. The highest BCUT2D eigenvalue weighted by Crippen LogP contribution is 2.46. The summed E-state index contributed by atoms with van der Waals surface area (Å²) in [7, 11) is 0. The summed E-state index contributed by atoms with van der Waals surface area (Å²) in [5.74, 6) is -3.28. The minimum absolute atomic E-state index is 0.0307. The van der Waals surface area contributed by atoms with Crippen LogP contribution in [0.5, 0.6) is 0 Å². The van der Waals surface area contributed by atoms with Gasteiger partial charge in [0.25, 0.3) is 0 Å². The number of aromatic carboxylic acids is 1. The lowest BCUT2D eigenvalue weighted by Gasteiger charge is -2.23. The summed E-state index contributed by atoms with van der Waals surface area (Å²) in [6.07, 6.45) is -6.16. The van der Waals surface area contributed by atoms with E-state index in [1.54, 1.807) is 0 Å². The number of hydrogen-bond donors (Lipinski definition) is 1. The summed E-state index contributed by atoms with van der Waals surface area (Å²) < 4.78 is 42.0. The standard InChI is InChI=1S/C18H11BrCl2F3NO3/c1-7-2-12(13(19)6-11(7)17(26)27)15-14(18(22,23)24)16(28-25-15)8-3-9(20)5-10(21)4-8/h2-6,14,16H,1H3,(H,26,27). The van der Waals surface area contributed by atoms with Crippen LogP contribution in [-0.4, -0.2) is 23.0 Å². The Morgan fingerprint density at radius 3 is 2.32 bits per heavy atom. The summed E-state index contributed by atoms with van der Waals surface area (Å²) in [6, 6.07) is 6.65. The van der Waals surface area contributed by atoms with Crippen LogP contribution in [0.25, 0.3) is 0 Å². The lowest BCUT2D eigenvalue weighted by Crippen LogP contribution is -2.33. The number of carbonyl (C=O) groups is 1. The first-order chi connectivity index (χ1) is 13.0. The third-order valence-corrected chi connectivity index (χ3v) is 5.34. The van der Waals surface area contributed by atoms with E-state index in [0.29, 0.717) is 5.56 Å². The molecule has 148 valence electrons. The maximum atomic E-state index is 13.9. The maximum absolute atomic E-state index is 13.9. The Morgan fingerprint density at radius 2 is 1.79 bits per heavy atom. The van der Waals surface area contributed by atoms with Crippen LogP contribution in [0.15, 0.2) is 40.0 Å². The van der Waals surface area contributed by atoms with Gasteiger partial charge < -0.3 is 9.94 Å². The van der Waals surface area contributed by atoms with Gasteiger partial charge in [0.05, 0.1) is 5.56 Å². The Hall–Kier alpha value is -1.77. The van der Waals surface area contributed by atoms with Gasteiger partial charge in [0.1, 0.15) is 11.6 Å². The molecular weight excluding hydrogens is 486 g/mol. The average molecular weight is 497 g/mol. The van der Waals surface area contributed by atoms with Gasteiger partial charge >= 0.3 is 12.1 Å². The van der Waals surface area contributed by atoms with Crippen molar-refractivity contribution in [1.82, 2.24) is 0 Å². The molecule has 1 heterocycles. The van der Waals surface area contributed by atoms with Crippen molar-refractivity contribution < 1.29 is 27.9 Å². The van der Waals surface area contributed by atoms with Gasteiger partial charge in [-0.1, -0.05) is 44.3 Å². The third-order valence-electron chi connectivity index (χ3n) is 4.25. The predicted molar refractivity (Wildman–Crippen MR) is 102 cm³/mol. The molecule has 2 unspecified atom stereocenters. The Kier molecular flexibility index (Phi) is 5.67. The van der Waals surface area contributed by atoms with Crippen LogP contribution in [0, 0.1) is 12.8 Å². The number of alkyl halides is 3. The highest BCUT2D eigenvalue weighted by molar-refractivity contribution is 9.10. The zero-order valence-corrected chi connectivity index (χ0v) is 17.1. The first-order valence-electron chi connectivity index (χ1n) is 7.79. The van der Waals surface area contributed by atoms with Gasteiger partial charge in [-0.3, -0.25) is 0 Å². The second kappa shape index (κ2) is 7.57. The maximum Gasteiger partial charge on any atom is 0.401 e. The van der Waals surface area contributed by atoms with Gasteiger partial charge in [0, 0.05) is 20.1 Å². The monoisotopic (exact) mass is 495 g/mol. The number of carboxylic acid groups (broad SMARTS) is 1. The van der Waals surface area contributed by atoms with E-state index in [2.05, 4.69) is 21.1 Å². The van der Waals surface area contributed by atoms with Crippen molar-refractivity contribution in [1.29, 1.82) is 0 Å². The van der Waals surface area contributed by atoms with Crippen molar-refractivity contribution in [2.24, 2.45) is 11.1 Å². The third kappa shape index (κ3) is 3.99. The van der Waals surface area contributed by atoms with Crippen LogP contribution in [0.4, 0.5) is 13.2 Å². The fourth-order valence-electron chi connectivity index (χ4n) is 3.02. The number of halogens is 6. The molecule has 4 nitrogen and oxygen atoms in total. The Bertz CT molecular complexity index is 975. The molecule has 2 aromatic rings. The van der Waals surface area contributed by atoms with Crippen LogP contribution >= 0.6 is 39.1 Å². The number of oxime groups is 1. The highest BCUT2D eigenvalue weighted by atomic mass is 79.9. The molecule has 0 saturated carbocycles. The van der Waals surface area contributed by atoms with Crippen LogP contribution in [0.3, 0.4) is 0 Å². The zero-order chi connectivity index (χ0) is 20.8. The van der Waals surface area contributed by atoms with Crippen LogP contribution in [-0.2, 0) is 4.84 Å². The van der Waals surface area contributed by atoms with Gasteiger partial charge in [0.2, 0.25) is 0 Å². The summed E-state index contributed by atoms with van der Waals surface area (Å²) in [6.45, 7) is 1.49. The molecule has 0 spiro atoms. The first kappa shape index (κ1) is 21.0. The SMILES string of the molecule is Cc1cc(C2=NOC(c3cc(Cl)cc(Cl)c3)C2C(F)(F)F)c(Br)cc1C(=O)O. The molecule has 2 aromatic carbocycles. The smallest absolute Gasteiger partial charge is 0.401 e. The van der Waals surface area contributed by atoms with Crippen molar-refractivity contribution in [3.05, 3.63) is 67.1 Å². The summed E-state index contributed by atoms with van der Waals surface area (Å²) >= 11 is 15.0. The molecule has 1 aliphatic rings. The molecule has 0 aromatic heterocycles. The van der Waals surface area contributed by atoms with E-state index >= 15 is 0 Å². The van der Waals surface area contributed by atoms with Crippen molar-refractivity contribution in [2.75, 3.05) is 0 Å². The van der Waals surface area contributed by atoms with Gasteiger partial charge in [0.15, 0.2) is 6.10 Å². The van der Waals surface area contributed by atoms with Crippen LogP contribution in [0.2, 0.25) is 10.0 Å². The molecular formula is C18H11BrCl2F3NO3. The van der Waals surface area contributed by atoms with E-state index in [1.165, 1.54) is 37.3 Å². The van der Waals surface area contributed by atoms with E-state index in [1.807, 2.05) is 0 Å². The van der Waals surface area contributed by atoms with Crippen molar-refractivity contribution >= 4 is 50.8 Å². The van der Waals surface area contributed by atoms with E-state index < -0.39 is 24.2 Å². The molecule has 28 heavy (non-hydrogen) atoms. The second-order valence-electron chi connectivity index (χ2n) is 6.18. The normalized spacial score (nSPS) is 19.3. The number of carboxylic acids is 1. The van der Waals surface area contributed by atoms with E-state index in [4.69, 9.17) is 28.0 Å². The average Bonchev–Trinajstić information content (AvgIpc) is 3.00. The van der Waals surface area contributed by atoms with Crippen molar-refractivity contribution in [3.63, 3.8) is 0 Å². The number of aryl methyl sites for hydroxylation is 1. The lowest BCUT2D eigenvalue weighted by molar-refractivity contribution is -0.177. The topological polar surface area (TPSA) is 58.9 Å². The fraction of sp³-hybridized carbons (Fsp3) is 0.222. The first-order valence-corrected chi connectivity index (χ1v) is 9.34. The molecule has 0 aliphatic carbocycles. The number of benzene rings is 2. The minimum atomic E-state index is -4.69. The molecule has 0 fully saturated rings. The second-order valence-corrected chi connectivity index (χ2v) is 7.90. The van der Waals surface area contributed by atoms with Crippen molar-refractivity contribution in [2.45, 2.75) is 19.2 Å². The number of nitrogens with zero attached hydrogens (tertiary/aromatic N) is 1. The molecule has 10 heteroatoms. The molecule has 0 radical (unpaired) electrons. The van der Waals surface area contributed by atoms with Crippen LogP contribution < -0.4 is 0 Å². The van der Waals surface area contributed by atoms with Gasteiger partial charge in [-0.15, -0.1) is 0 Å². The number of hydrogen-bond acceptors (Lipinski definition) is 3. The Labute approximate surface area is 176 Å². The molecule has 1 N–H and O–H groups in total. The van der Waals surface area contributed by atoms with E-state index in [9.17, 15) is 23.1 Å². The summed E-state index contributed by atoms with van der Waals surface area (Å²) in [5, 5.41) is 13.2. The van der Waals surface area contributed by atoms with Gasteiger partial charge in [-0.25, -0.2) is 4.79 Å². The molecule has 1 aliphatic heterocycles. The largest absolute Gasteiger partial charge is 0.478 e. The minimum Gasteiger partial charge on any atom is -0.478 e. The van der Waals surface area contributed by atoms with Crippen LogP contribution in [0.1, 0.15) is 33.2 Å². The Morgan fingerprint density at radius 1 is 1.18 bits per heavy atom. The summed E-state index contributed by atoms with van der Waals surface area (Å²) in [4.78, 5) is 16.4. The molecule has 3 rings (SSSR count). The molecule has 0 amide bonds.